The minimum atomic E-state index is -3.30. The third-order valence-corrected chi connectivity index (χ3v) is 6.47. The summed E-state index contributed by atoms with van der Waals surface area (Å²) in [4.78, 5) is 6.78. The predicted molar refractivity (Wildman–Crippen MR) is 116 cm³/mol. The van der Waals surface area contributed by atoms with Crippen molar-refractivity contribution >= 4 is 16.0 Å². The van der Waals surface area contributed by atoms with E-state index < -0.39 is 10.0 Å². The number of ether oxygens (including phenoxy) is 1. The third-order valence-electron chi connectivity index (χ3n) is 4.63. The molecule has 0 aromatic heterocycles. The number of aliphatic imine (C=N–C) groups is 1. The normalized spacial score (nSPS) is 16.4. The highest BCUT2D eigenvalue weighted by Gasteiger charge is 2.27. The number of hydrogen-bond donors (Lipinski definition) is 2. The highest BCUT2D eigenvalue weighted by atomic mass is 32.2. The number of hydrogen-bond acceptors (Lipinski definition) is 5. The predicted octanol–water partition coefficient (Wildman–Crippen LogP) is 1.27. The van der Waals surface area contributed by atoms with Crippen molar-refractivity contribution in [1.82, 2.24) is 14.5 Å². The molecule has 0 bridgehead atoms. The molecule has 0 aliphatic carbocycles. The van der Waals surface area contributed by atoms with Crippen LogP contribution in [0.15, 0.2) is 29.3 Å². The number of piperazine rings is 1. The molecule has 1 saturated heterocycles. The number of benzene rings is 1. The number of nitrogens with zero attached hydrogens (tertiary/aromatic N) is 3. The van der Waals surface area contributed by atoms with E-state index in [0.29, 0.717) is 32.7 Å². The summed E-state index contributed by atoms with van der Waals surface area (Å²) in [5.74, 6) is 1.07. The first-order valence-corrected chi connectivity index (χ1v) is 11.8. The summed E-state index contributed by atoms with van der Waals surface area (Å²) in [6.45, 7) is 9.46. The summed E-state index contributed by atoms with van der Waals surface area (Å²) in [5, 5.41) is 12.9. The van der Waals surface area contributed by atoms with E-state index in [0.717, 1.165) is 24.5 Å². The van der Waals surface area contributed by atoms with Crippen molar-refractivity contribution in [3.8, 4) is 5.75 Å². The summed E-state index contributed by atoms with van der Waals surface area (Å²) in [5.41, 5.74) is 1.03. The van der Waals surface area contributed by atoms with Crippen molar-refractivity contribution < 1.29 is 18.3 Å². The fourth-order valence-corrected chi connectivity index (χ4v) is 4.41. The van der Waals surface area contributed by atoms with Gasteiger partial charge in [0.1, 0.15) is 5.75 Å². The molecule has 1 aromatic carbocycles. The van der Waals surface area contributed by atoms with Gasteiger partial charge in [-0.3, -0.25) is 4.99 Å². The van der Waals surface area contributed by atoms with Crippen molar-refractivity contribution in [2.45, 2.75) is 33.3 Å². The van der Waals surface area contributed by atoms with E-state index in [-0.39, 0.29) is 24.2 Å². The van der Waals surface area contributed by atoms with Crippen LogP contribution in [0.4, 0.5) is 0 Å². The molecular formula is C20H34N4O4S. The van der Waals surface area contributed by atoms with Crippen molar-refractivity contribution in [3.05, 3.63) is 29.8 Å². The molecule has 9 heteroatoms. The Kier molecular flexibility index (Phi) is 9.19. The van der Waals surface area contributed by atoms with E-state index >= 15 is 0 Å². The van der Waals surface area contributed by atoms with Crippen molar-refractivity contribution in [2.75, 3.05) is 51.6 Å². The summed E-state index contributed by atoms with van der Waals surface area (Å²) in [6, 6.07) is 7.19. The lowest BCUT2D eigenvalue weighted by atomic mass is 10.1. The van der Waals surface area contributed by atoms with Gasteiger partial charge in [0.25, 0.3) is 0 Å². The number of aromatic hydroxyl groups is 1. The van der Waals surface area contributed by atoms with Crippen LogP contribution in [-0.2, 0) is 21.2 Å². The fourth-order valence-electron chi connectivity index (χ4n) is 3.12. The van der Waals surface area contributed by atoms with Crippen LogP contribution in [0.2, 0.25) is 0 Å². The maximum atomic E-state index is 12.5. The average molecular weight is 427 g/mol. The highest BCUT2D eigenvalue weighted by molar-refractivity contribution is 7.89. The van der Waals surface area contributed by atoms with Crippen LogP contribution < -0.4 is 5.32 Å². The highest BCUT2D eigenvalue weighted by Crippen LogP contribution is 2.12. The van der Waals surface area contributed by atoms with Crippen LogP contribution in [0.3, 0.4) is 0 Å². The Morgan fingerprint density at radius 1 is 1.28 bits per heavy atom. The molecule has 0 saturated carbocycles. The van der Waals surface area contributed by atoms with E-state index in [2.05, 4.69) is 15.2 Å². The molecule has 1 aromatic rings. The number of phenolic OH excluding ortho intramolecular Hbond substituents is 1. The third kappa shape index (κ3) is 7.83. The molecule has 0 amide bonds. The van der Waals surface area contributed by atoms with Gasteiger partial charge in [-0.25, -0.2) is 8.42 Å². The van der Waals surface area contributed by atoms with E-state index in [9.17, 15) is 13.5 Å². The minimum Gasteiger partial charge on any atom is -0.508 e. The minimum absolute atomic E-state index is 0.0171. The topological polar surface area (TPSA) is 94.5 Å². The smallest absolute Gasteiger partial charge is 0.216 e. The first-order valence-electron chi connectivity index (χ1n) is 10.2. The van der Waals surface area contributed by atoms with Gasteiger partial charge in [-0.15, -0.1) is 0 Å². The molecule has 0 atom stereocenters. The molecule has 1 fully saturated rings. The molecule has 0 unspecified atom stereocenters. The Morgan fingerprint density at radius 3 is 2.62 bits per heavy atom. The number of nitrogens with one attached hydrogen (secondary N) is 1. The lowest BCUT2D eigenvalue weighted by Gasteiger charge is -2.36. The molecule has 164 valence electrons. The second-order valence-corrected chi connectivity index (χ2v) is 9.37. The van der Waals surface area contributed by atoms with Crippen LogP contribution in [-0.4, -0.2) is 86.4 Å². The Morgan fingerprint density at radius 2 is 2.00 bits per heavy atom. The lowest BCUT2D eigenvalue weighted by molar-refractivity contribution is 0.0904. The Labute approximate surface area is 174 Å². The van der Waals surface area contributed by atoms with E-state index in [1.54, 1.807) is 16.4 Å². The van der Waals surface area contributed by atoms with Gasteiger partial charge in [0.2, 0.25) is 10.0 Å². The molecule has 0 radical (unpaired) electrons. The maximum absolute atomic E-state index is 12.5. The Balaban J connectivity index is 1.88. The van der Waals surface area contributed by atoms with Gasteiger partial charge in [-0.1, -0.05) is 12.1 Å². The molecule has 8 nitrogen and oxygen atoms in total. The van der Waals surface area contributed by atoms with Crippen LogP contribution in [0.1, 0.15) is 26.3 Å². The van der Waals surface area contributed by atoms with Crippen LogP contribution in [0, 0.1) is 0 Å². The second-order valence-electron chi connectivity index (χ2n) is 7.28. The van der Waals surface area contributed by atoms with Gasteiger partial charge in [-0.2, -0.15) is 4.31 Å². The molecule has 2 rings (SSSR count). The van der Waals surface area contributed by atoms with Crippen LogP contribution in [0.25, 0.3) is 0 Å². The first-order chi connectivity index (χ1) is 13.8. The monoisotopic (exact) mass is 426 g/mol. The van der Waals surface area contributed by atoms with Crippen molar-refractivity contribution in [3.63, 3.8) is 0 Å². The zero-order chi connectivity index (χ0) is 21.3. The first kappa shape index (κ1) is 23.4. The zero-order valence-corrected chi connectivity index (χ0v) is 18.5. The van der Waals surface area contributed by atoms with E-state index in [1.165, 1.54) is 0 Å². The van der Waals surface area contributed by atoms with E-state index in [1.807, 2.05) is 32.9 Å². The molecule has 2 N–H and O–H groups in total. The quantitative estimate of drug-likeness (QED) is 0.456. The average Bonchev–Trinajstić information content (AvgIpc) is 2.67. The fraction of sp³-hybridized carbons (Fsp3) is 0.650. The molecule has 1 aliphatic rings. The number of guanidine groups is 1. The summed E-state index contributed by atoms with van der Waals surface area (Å²) < 4.78 is 31.9. The molecule has 1 heterocycles. The van der Waals surface area contributed by atoms with Gasteiger partial charge < -0.3 is 20.1 Å². The number of phenols is 1. The molecule has 29 heavy (non-hydrogen) atoms. The van der Waals surface area contributed by atoms with Crippen molar-refractivity contribution in [1.29, 1.82) is 0 Å². The van der Waals surface area contributed by atoms with Gasteiger partial charge in [0.05, 0.1) is 18.5 Å². The van der Waals surface area contributed by atoms with Crippen molar-refractivity contribution in [2.24, 2.45) is 4.99 Å². The number of sulfonamides is 1. The number of rotatable bonds is 9. The van der Waals surface area contributed by atoms with Gasteiger partial charge >= 0.3 is 0 Å². The Bertz CT molecular complexity index is 759. The summed E-state index contributed by atoms with van der Waals surface area (Å²) >= 11 is 0. The maximum Gasteiger partial charge on any atom is 0.216 e. The van der Waals surface area contributed by atoms with Crippen LogP contribution >= 0.6 is 0 Å². The van der Waals surface area contributed by atoms with Gasteiger partial charge in [-0.05, 0) is 44.9 Å². The molecular weight excluding hydrogens is 392 g/mol. The second kappa shape index (κ2) is 11.4. The Hall–Kier alpha value is -1.84. The molecule has 0 spiro atoms. The standard InChI is InChI=1S/C20H34N4O4S/c1-4-21-20(22-9-8-18-6-5-7-19(25)16-18)23-10-12-24(13-11-23)29(26,27)15-14-28-17(2)3/h5-7,16-17,25H,4,8-15H2,1-3H3,(H,21,22). The zero-order valence-electron chi connectivity index (χ0n) is 17.7. The van der Waals surface area contributed by atoms with Gasteiger partial charge in [0, 0.05) is 39.3 Å². The van der Waals surface area contributed by atoms with E-state index in [4.69, 9.17) is 4.74 Å². The molecule has 1 aliphatic heterocycles. The lowest BCUT2D eigenvalue weighted by Crippen LogP contribution is -2.54. The SMILES string of the molecule is CCNC(=NCCc1cccc(O)c1)N1CCN(S(=O)(=O)CCOC(C)C)CC1. The summed E-state index contributed by atoms with van der Waals surface area (Å²) in [7, 11) is -3.30. The van der Waals surface area contributed by atoms with Crippen LogP contribution in [0.5, 0.6) is 5.75 Å². The largest absolute Gasteiger partial charge is 0.508 e. The van der Waals surface area contributed by atoms with Gasteiger partial charge in [0.15, 0.2) is 5.96 Å². The summed E-state index contributed by atoms with van der Waals surface area (Å²) in [6.07, 6.45) is 0.758.